The number of benzene rings is 1. The van der Waals surface area contributed by atoms with Crippen molar-refractivity contribution in [3.63, 3.8) is 0 Å². The number of halogens is 1. The molecular formula is C13H14ClN3O. The summed E-state index contributed by atoms with van der Waals surface area (Å²) in [6.45, 7) is 3.79. The van der Waals surface area contributed by atoms with Gasteiger partial charge in [-0.3, -0.25) is 0 Å². The van der Waals surface area contributed by atoms with Crippen molar-refractivity contribution in [1.82, 2.24) is 9.97 Å². The fourth-order valence-corrected chi connectivity index (χ4v) is 1.64. The molecule has 1 aromatic carbocycles. The molecule has 0 unspecified atom stereocenters. The Balaban J connectivity index is 2.36. The molecule has 0 saturated heterocycles. The molecule has 0 bridgehead atoms. The zero-order valence-corrected chi connectivity index (χ0v) is 11.0. The minimum absolute atomic E-state index is 0.443. The zero-order chi connectivity index (χ0) is 13.1. The fraction of sp³-hybridized carbons (Fsp3) is 0.231. The molecular weight excluding hydrogens is 250 g/mol. The third-order valence-electron chi connectivity index (χ3n) is 2.51. The number of hydrogen-bond acceptors (Lipinski definition) is 4. The number of nitrogens with zero attached hydrogens (tertiary/aromatic N) is 2. The van der Waals surface area contributed by atoms with Gasteiger partial charge in [0, 0.05) is 11.4 Å². The molecule has 1 aromatic heterocycles. The van der Waals surface area contributed by atoms with E-state index in [9.17, 15) is 0 Å². The lowest BCUT2D eigenvalue weighted by molar-refractivity contribution is 0.455. The average molecular weight is 264 g/mol. The first-order valence-electron chi connectivity index (χ1n) is 5.66. The quantitative estimate of drug-likeness (QED) is 0.922. The molecule has 0 aliphatic heterocycles. The maximum atomic E-state index is 5.90. The Morgan fingerprint density at radius 1 is 1.33 bits per heavy atom. The Labute approximate surface area is 111 Å². The predicted molar refractivity (Wildman–Crippen MR) is 72.1 cm³/mol. The summed E-state index contributed by atoms with van der Waals surface area (Å²) in [7, 11) is 0. The van der Waals surface area contributed by atoms with Crippen LogP contribution in [-0.4, -0.2) is 9.97 Å². The van der Waals surface area contributed by atoms with Crippen LogP contribution in [0.2, 0.25) is 5.02 Å². The summed E-state index contributed by atoms with van der Waals surface area (Å²) < 4.78 is 5.70. The number of aryl methyl sites for hydroxylation is 1. The van der Waals surface area contributed by atoms with E-state index < -0.39 is 0 Å². The fourth-order valence-electron chi connectivity index (χ4n) is 1.46. The second-order valence-corrected chi connectivity index (χ2v) is 4.30. The van der Waals surface area contributed by atoms with Crippen molar-refractivity contribution < 1.29 is 4.74 Å². The van der Waals surface area contributed by atoms with Gasteiger partial charge in [-0.25, -0.2) is 4.98 Å². The van der Waals surface area contributed by atoms with Crippen LogP contribution in [-0.2, 0) is 6.42 Å². The highest BCUT2D eigenvalue weighted by molar-refractivity contribution is 6.30. The molecule has 0 saturated carbocycles. The van der Waals surface area contributed by atoms with Gasteiger partial charge in [0.25, 0.3) is 0 Å². The number of aromatic nitrogens is 2. The normalized spacial score (nSPS) is 10.4. The smallest absolute Gasteiger partial charge is 0.227 e. The second kappa shape index (κ2) is 5.23. The topological polar surface area (TPSA) is 61.0 Å². The van der Waals surface area contributed by atoms with Crippen LogP contribution in [0.15, 0.2) is 24.3 Å². The molecule has 0 spiro atoms. The Morgan fingerprint density at radius 2 is 2.11 bits per heavy atom. The van der Waals surface area contributed by atoms with Gasteiger partial charge >= 0.3 is 0 Å². The molecule has 94 valence electrons. The molecule has 4 nitrogen and oxygen atoms in total. The monoisotopic (exact) mass is 263 g/mol. The van der Waals surface area contributed by atoms with Crippen molar-refractivity contribution in [1.29, 1.82) is 0 Å². The highest BCUT2D eigenvalue weighted by atomic mass is 35.5. The van der Waals surface area contributed by atoms with Gasteiger partial charge in [0.2, 0.25) is 5.88 Å². The molecule has 5 heteroatoms. The summed E-state index contributed by atoms with van der Waals surface area (Å²) in [5.41, 5.74) is 6.55. The SMILES string of the molecule is CCc1nc(N)c(C)c(Oc2cccc(Cl)c2)n1. The summed E-state index contributed by atoms with van der Waals surface area (Å²) in [5.74, 6) is 2.21. The lowest BCUT2D eigenvalue weighted by Gasteiger charge is -2.10. The van der Waals surface area contributed by atoms with Crippen molar-refractivity contribution in [2.75, 3.05) is 5.73 Å². The van der Waals surface area contributed by atoms with E-state index in [1.54, 1.807) is 12.1 Å². The van der Waals surface area contributed by atoms with Gasteiger partial charge in [-0.05, 0) is 25.1 Å². The summed E-state index contributed by atoms with van der Waals surface area (Å²) in [5, 5.41) is 0.614. The molecule has 0 radical (unpaired) electrons. The summed E-state index contributed by atoms with van der Waals surface area (Å²) >= 11 is 5.90. The number of ether oxygens (including phenoxy) is 1. The highest BCUT2D eigenvalue weighted by Crippen LogP contribution is 2.27. The highest BCUT2D eigenvalue weighted by Gasteiger charge is 2.10. The number of nitrogen functional groups attached to an aromatic ring is 1. The molecule has 0 aliphatic carbocycles. The first-order valence-corrected chi connectivity index (χ1v) is 6.04. The predicted octanol–water partition coefficient (Wildman–Crippen LogP) is 3.38. The van der Waals surface area contributed by atoms with E-state index in [0.717, 1.165) is 5.56 Å². The van der Waals surface area contributed by atoms with E-state index >= 15 is 0 Å². The Bertz CT molecular complexity index is 572. The maximum absolute atomic E-state index is 5.90. The maximum Gasteiger partial charge on any atom is 0.227 e. The van der Waals surface area contributed by atoms with Gasteiger partial charge in [0.1, 0.15) is 17.4 Å². The number of rotatable bonds is 3. The van der Waals surface area contributed by atoms with Gasteiger partial charge in [-0.2, -0.15) is 4.98 Å². The van der Waals surface area contributed by atoms with E-state index in [1.165, 1.54) is 0 Å². The number of hydrogen-bond donors (Lipinski definition) is 1. The lowest BCUT2D eigenvalue weighted by atomic mass is 10.3. The average Bonchev–Trinajstić information content (AvgIpc) is 2.34. The van der Waals surface area contributed by atoms with Crippen LogP contribution < -0.4 is 10.5 Å². The van der Waals surface area contributed by atoms with E-state index in [2.05, 4.69) is 9.97 Å². The van der Waals surface area contributed by atoms with Crippen LogP contribution in [0.3, 0.4) is 0 Å². The van der Waals surface area contributed by atoms with Crippen LogP contribution in [0.1, 0.15) is 18.3 Å². The van der Waals surface area contributed by atoms with Gasteiger partial charge < -0.3 is 10.5 Å². The van der Waals surface area contributed by atoms with Crippen molar-refractivity contribution in [2.45, 2.75) is 20.3 Å². The zero-order valence-electron chi connectivity index (χ0n) is 10.3. The van der Waals surface area contributed by atoms with Gasteiger partial charge in [-0.15, -0.1) is 0 Å². The van der Waals surface area contributed by atoms with Crippen molar-refractivity contribution in [3.8, 4) is 11.6 Å². The van der Waals surface area contributed by atoms with Crippen LogP contribution >= 0.6 is 11.6 Å². The summed E-state index contributed by atoms with van der Waals surface area (Å²) in [6.07, 6.45) is 0.705. The molecule has 18 heavy (non-hydrogen) atoms. The molecule has 0 amide bonds. The van der Waals surface area contributed by atoms with E-state index in [-0.39, 0.29) is 0 Å². The van der Waals surface area contributed by atoms with Gasteiger partial charge in [-0.1, -0.05) is 24.6 Å². The minimum Gasteiger partial charge on any atom is -0.438 e. The molecule has 2 rings (SSSR count). The van der Waals surface area contributed by atoms with Crippen LogP contribution in [0.4, 0.5) is 5.82 Å². The molecule has 2 N–H and O–H groups in total. The first kappa shape index (κ1) is 12.6. The third-order valence-corrected chi connectivity index (χ3v) is 2.75. The van der Waals surface area contributed by atoms with E-state index in [4.69, 9.17) is 22.1 Å². The minimum atomic E-state index is 0.443. The standard InChI is InChI=1S/C13H14ClN3O/c1-3-11-16-12(15)8(2)13(17-11)18-10-6-4-5-9(14)7-10/h4-7H,3H2,1-2H3,(H2,15,16,17). The van der Waals surface area contributed by atoms with E-state index in [0.29, 0.717) is 34.7 Å². The molecule has 0 fully saturated rings. The van der Waals surface area contributed by atoms with E-state index in [1.807, 2.05) is 26.0 Å². The summed E-state index contributed by atoms with van der Waals surface area (Å²) in [6, 6.07) is 7.14. The van der Waals surface area contributed by atoms with Gasteiger partial charge in [0.05, 0.1) is 5.56 Å². The summed E-state index contributed by atoms with van der Waals surface area (Å²) in [4.78, 5) is 8.49. The van der Waals surface area contributed by atoms with Crippen LogP contribution in [0.5, 0.6) is 11.6 Å². The third kappa shape index (κ3) is 2.71. The van der Waals surface area contributed by atoms with Crippen molar-refractivity contribution in [3.05, 3.63) is 40.7 Å². The number of nitrogens with two attached hydrogens (primary N) is 1. The van der Waals surface area contributed by atoms with Gasteiger partial charge in [0.15, 0.2) is 0 Å². The van der Waals surface area contributed by atoms with Crippen molar-refractivity contribution in [2.24, 2.45) is 0 Å². The van der Waals surface area contributed by atoms with Crippen molar-refractivity contribution >= 4 is 17.4 Å². The second-order valence-electron chi connectivity index (χ2n) is 3.87. The molecule has 2 aromatic rings. The Kier molecular flexibility index (Phi) is 3.67. The molecule has 0 atom stereocenters. The molecule has 1 heterocycles. The first-order chi connectivity index (χ1) is 8.60. The van der Waals surface area contributed by atoms with Crippen LogP contribution in [0.25, 0.3) is 0 Å². The largest absolute Gasteiger partial charge is 0.438 e. The Hall–Kier alpha value is -1.81. The molecule has 0 aliphatic rings. The lowest BCUT2D eigenvalue weighted by Crippen LogP contribution is -2.04. The Morgan fingerprint density at radius 3 is 2.78 bits per heavy atom. The van der Waals surface area contributed by atoms with Crippen LogP contribution in [0, 0.1) is 6.92 Å². The number of anilines is 1.